The van der Waals surface area contributed by atoms with Crippen molar-refractivity contribution in [3.63, 3.8) is 0 Å². The number of ether oxygens (including phenoxy) is 2. The summed E-state index contributed by atoms with van der Waals surface area (Å²) in [6, 6.07) is 3.92. The van der Waals surface area contributed by atoms with Gasteiger partial charge in [0.05, 0.1) is 5.38 Å². The highest BCUT2D eigenvalue weighted by atomic mass is 35.5. The highest BCUT2D eigenvalue weighted by molar-refractivity contribution is 6.32. The van der Waals surface area contributed by atoms with E-state index in [-0.39, 0.29) is 17.6 Å². The highest BCUT2D eigenvalue weighted by Crippen LogP contribution is 2.34. The van der Waals surface area contributed by atoms with Gasteiger partial charge in [-0.1, -0.05) is 11.6 Å². The van der Waals surface area contributed by atoms with Crippen LogP contribution in [-0.2, 0) is 4.74 Å². The summed E-state index contributed by atoms with van der Waals surface area (Å²) in [6.45, 7) is 6.59. The van der Waals surface area contributed by atoms with Gasteiger partial charge in [0.15, 0.2) is 0 Å². The predicted octanol–water partition coefficient (Wildman–Crippen LogP) is 4.12. The number of aryl methyl sites for hydroxylation is 2. The molecule has 3 unspecified atom stereocenters. The molecular formula is C14H18Cl2O2. The number of benzene rings is 1. The molecule has 0 aromatic heterocycles. The van der Waals surface area contributed by atoms with Crippen molar-refractivity contribution in [1.82, 2.24) is 0 Å². The van der Waals surface area contributed by atoms with Gasteiger partial charge < -0.3 is 9.47 Å². The van der Waals surface area contributed by atoms with Crippen LogP contribution in [0, 0.1) is 13.8 Å². The van der Waals surface area contributed by atoms with E-state index < -0.39 is 0 Å². The van der Waals surface area contributed by atoms with Gasteiger partial charge >= 0.3 is 0 Å². The summed E-state index contributed by atoms with van der Waals surface area (Å²) in [6.07, 6.45) is 0.868. The minimum atomic E-state index is -0.00652. The van der Waals surface area contributed by atoms with E-state index >= 15 is 0 Å². The number of hydrogen-bond donors (Lipinski definition) is 0. The van der Waals surface area contributed by atoms with E-state index in [9.17, 15) is 0 Å². The van der Waals surface area contributed by atoms with E-state index in [1.54, 1.807) is 0 Å². The Hall–Kier alpha value is -0.440. The maximum Gasteiger partial charge on any atom is 0.128 e. The Bertz CT molecular complexity index is 411. The lowest BCUT2D eigenvalue weighted by atomic mass is 9.91. The molecule has 100 valence electrons. The zero-order valence-electron chi connectivity index (χ0n) is 10.9. The smallest absolute Gasteiger partial charge is 0.128 e. The van der Waals surface area contributed by atoms with Gasteiger partial charge in [0.2, 0.25) is 0 Å². The van der Waals surface area contributed by atoms with E-state index in [0.717, 1.165) is 28.3 Å². The monoisotopic (exact) mass is 288 g/mol. The quantitative estimate of drug-likeness (QED) is 0.776. The lowest BCUT2D eigenvalue weighted by molar-refractivity contribution is -0.0759. The highest BCUT2D eigenvalue weighted by Gasteiger charge is 2.42. The van der Waals surface area contributed by atoms with Crippen molar-refractivity contribution in [2.45, 2.75) is 44.8 Å². The van der Waals surface area contributed by atoms with Gasteiger partial charge in [0.25, 0.3) is 0 Å². The fourth-order valence-electron chi connectivity index (χ4n) is 2.20. The van der Waals surface area contributed by atoms with Gasteiger partial charge in [0, 0.05) is 18.1 Å². The van der Waals surface area contributed by atoms with Crippen molar-refractivity contribution in [1.29, 1.82) is 0 Å². The van der Waals surface area contributed by atoms with E-state index in [4.69, 9.17) is 32.7 Å². The first kappa shape index (κ1) is 14.0. The summed E-state index contributed by atoms with van der Waals surface area (Å²) < 4.78 is 11.5. The molecule has 0 heterocycles. The van der Waals surface area contributed by atoms with E-state index in [0.29, 0.717) is 6.61 Å². The van der Waals surface area contributed by atoms with Gasteiger partial charge in [-0.3, -0.25) is 0 Å². The molecule has 1 fully saturated rings. The van der Waals surface area contributed by atoms with Gasteiger partial charge in [0.1, 0.15) is 18.0 Å². The second-order valence-corrected chi connectivity index (χ2v) is 5.64. The molecule has 18 heavy (non-hydrogen) atoms. The van der Waals surface area contributed by atoms with Crippen molar-refractivity contribution < 1.29 is 9.47 Å². The molecule has 0 amide bonds. The maximum atomic E-state index is 6.13. The third-order valence-corrected chi connectivity index (χ3v) is 4.26. The van der Waals surface area contributed by atoms with E-state index in [2.05, 4.69) is 0 Å². The molecule has 0 aliphatic heterocycles. The van der Waals surface area contributed by atoms with Crippen LogP contribution in [0.25, 0.3) is 0 Å². The number of alkyl halides is 1. The number of rotatable bonds is 4. The van der Waals surface area contributed by atoms with Crippen LogP contribution in [0.4, 0.5) is 0 Å². The molecule has 1 aromatic carbocycles. The summed E-state index contributed by atoms with van der Waals surface area (Å²) in [7, 11) is 0. The molecule has 1 aromatic rings. The van der Waals surface area contributed by atoms with Crippen molar-refractivity contribution in [3.8, 4) is 5.75 Å². The van der Waals surface area contributed by atoms with Crippen LogP contribution in [0.15, 0.2) is 12.1 Å². The maximum absolute atomic E-state index is 6.13. The first-order chi connectivity index (χ1) is 8.52. The summed E-state index contributed by atoms with van der Waals surface area (Å²) in [5.41, 5.74) is 2.06. The standard InChI is InChI=1S/C14H18Cl2O2/c1-4-17-14-11(15)7-12(14)18-10-5-8(2)13(16)9(3)6-10/h5-6,11-12,14H,4,7H2,1-3H3. The predicted molar refractivity (Wildman–Crippen MR) is 75.0 cm³/mol. The lowest BCUT2D eigenvalue weighted by Crippen LogP contribution is -2.52. The molecule has 3 atom stereocenters. The van der Waals surface area contributed by atoms with Crippen molar-refractivity contribution in [3.05, 3.63) is 28.3 Å². The third kappa shape index (κ3) is 2.76. The van der Waals surface area contributed by atoms with Crippen LogP contribution in [0.2, 0.25) is 5.02 Å². The average Bonchev–Trinajstić information content (AvgIpc) is 2.32. The van der Waals surface area contributed by atoms with Crippen molar-refractivity contribution >= 4 is 23.2 Å². The Labute approximate surface area is 118 Å². The molecule has 0 radical (unpaired) electrons. The van der Waals surface area contributed by atoms with Gasteiger partial charge in [-0.2, -0.15) is 0 Å². The van der Waals surface area contributed by atoms with Crippen molar-refractivity contribution in [2.24, 2.45) is 0 Å². The van der Waals surface area contributed by atoms with Crippen LogP contribution in [-0.4, -0.2) is 24.2 Å². The molecule has 4 heteroatoms. The Morgan fingerprint density at radius 3 is 2.39 bits per heavy atom. The molecule has 0 bridgehead atoms. The van der Waals surface area contributed by atoms with E-state index in [1.807, 2.05) is 32.9 Å². The topological polar surface area (TPSA) is 18.5 Å². The van der Waals surface area contributed by atoms with Gasteiger partial charge in [-0.15, -0.1) is 11.6 Å². The zero-order valence-corrected chi connectivity index (χ0v) is 12.4. The third-order valence-electron chi connectivity index (χ3n) is 3.24. The molecule has 0 saturated heterocycles. The molecular weight excluding hydrogens is 271 g/mol. The Balaban J connectivity index is 2.06. The summed E-state index contributed by atoms with van der Waals surface area (Å²) in [4.78, 5) is 0. The minimum absolute atomic E-state index is 0.00652. The Morgan fingerprint density at radius 2 is 1.89 bits per heavy atom. The Morgan fingerprint density at radius 1 is 1.28 bits per heavy atom. The Kier molecular flexibility index (Phi) is 4.41. The van der Waals surface area contributed by atoms with Crippen LogP contribution >= 0.6 is 23.2 Å². The van der Waals surface area contributed by atoms with Crippen molar-refractivity contribution in [2.75, 3.05) is 6.61 Å². The molecule has 1 aliphatic rings. The first-order valence-electron chi connectivity index (χ1n) is 6.22. The average molecular weight is 289 g/mol. The summed E-state index contributed by atoms with van der Waals surface area (Å²) in [5.74, 6) is 0.840. The fourth-order valence-corrected chi connectivity index (χ4v) is 2.72. The number of halogens is 2. The first-order valence-corrected chi connectivity index (χ1v) is 7.03. The minimum Gasteiger partial charge on any atom is -0.488 e. The molecule has 2 rings (SSSR count). The second kappa shape index (κ2) is 5.68. The second-order valence-electron chi connectivity index (χ2n) is 4.70. The molecule has 0 spiro atoms. The summed E-state index contributed by atoms with van der Waals surface area (Å²) in [5, 5.41) is 0.858. The molecule has 0 N–H and O–H groups in total. The zero-order chi connectivity index (χ0) is 13.3. The summed E-state index contributed by atoms with van der Waals surface area (Å²) >= 11 is 12.3. The molecule has 1 saturated carbocycles. The van der Waals surface area contributed by atoms with Crippen LogP contribution < -0.4 is 4.74 Å². The number of hydrogen-bond acceptors (Lipinski definition) is 2. The normalized spacial score (nSPS) is 26.8. The fraction of sp³-hybridized carbons (Fsp3) is 0.571. The SMILES string of the molecule is CCOC1C(Cl)CC1Oc1cc(C)c(Cl)c(C)c1. The van der Waals surface area contributed by atoms with Crippen LogP contribution in [0.3, 0.4) is 0 Å². The van der Waals surface area contributed by atoms with Crippen LogP contribution in [0.1, 0.15) is 24.5 Å². The molecule has 2 nitrogen and oxygen atoms in total. The lowest BCUT2D eigenvalue weighted by Gasteiger charge is -2.40. The largest absolute Gasteiger partial charge is 0.488 e. The van der Waals surface area contributed by atoms with Gasteiger partial charge in [-0.05, 0) is 44.0 Å². The van der Waals surface area contributed by atoms with Crippen LogP contribution in [0.5, 0.6) is 5.75 Å². The van der Waals surface area contributed by atoms with Gasteiger partial charge in [-0.25, -0.2) is 0 Å². The van der Waals surface area contributed by atoms with E-state index in [1.165, 1.54) is 0 Å². The molecule has 1 aliphatic carbocycles.